The molecule has 1 aromatic rings. The molecule has 68 valence electrons. The fraction of sp³-hybridized carbons (Fsp3) is 0.143. The Hall–Kier alpha value is -1.09. The van der Waals surface area contributed by atoms with Crippen LogP contribution in [0.3, 0.4) is 0 Å². The van der Waals surface area contributed by atoms with E-state index in [1.165, 1.54) is 19.4 Å². The quantitative estimate of drug-likeness (QED) is 0.602. The summed E-state index contributed by atoms with van der Waals surface area (Å²) in [5, 5.41) is 2.89. The Balaban J connectivity index is 2.77. The molecule has 3 N–H and O–H groups in total. The van der Waals surface area contributed by atoms with Gasteiger partial charge in [0.2, 0.25) is 0 Å². The topological polar surface area (TPSA) is 76.2 Å². The van der Waals surface area contributed by atoms with Gasteiger partial charge in [0.05, 0.1) is 0 Å². The average molecular weight is 347 g/mol. The van der Waals surface area contributed by atoms with Gasteiger partial charge in [0.15, 0.2) is 0 Å². The van der Waals surface area contributed by atoms with Crippen LogP contribution in [0.4, 0.5) is 11.8 Å². The monoisotopic (exact) mass is 347 g/mol. The van der Waals surface area contributed by atoms with Crippen molar-refractivity contribution in [1.82, 2.24) is 9.97 Å². The molecule has 6 heteroatoms. The molecule has 0 atom stereocenters. The van der Waals surface area contributed by atoms with Gasteiger partial charge in [-0.05, 0) is 0 Å². The van der Waals surface area contributed by atoms with E-state index in [0.29, 0.717) is 5.82 Å². The van der Waals surface area contributed by atoms with Crippen LogP contribution in [0.15, 0.2) is 11.1 Å². The third-order valence-corrected chi connectivity index (χ3v) is 1.66. The molecule has 1 rings (SSSR count). The molecule has 0 bridgehead atoms. The molecule has 0 unspecified atom stereocenters. The Morgan fingerprint density at radius 2 is 2.38 bits per heavy atom. The fourth-order valence-electron chi connectivity index (χ4n) is 0.799. The first-order chi connectivity index (χ1) is 6.22. The van der Waals surface area contributed by atoms with E-state index < -0.39 is 0 Å². The van der Waals surface area contributed by atoms with Crippen molar-refractivity contribution in [2.24, 2.45) is 4.99 Å². The first-order valence-electron chi connectivity index (χ1n) is 3.55. The Morgan fingerprint density at radius 3 is 3.00 bits per heavy atom. The molecule has 1 heterocycles. The van der Waals surface area contributed by atoms with E-state index in [0.717, 1.165) is 5.69 Å². The zero-order valence-corrected chi connectivity index (χ0v) is 9.99. The summed E-state index contributed by atoms with van der Waals surface area (Å²) in [5.41, 5.74) is 6.28. The Bertz CT molecular complexity index is 315. The molecule has 0 aliphatic heterocycles. The van der Waals surface area contributed by atoms with Crippen LogP contribution in [0.5, 0.6) is 0 Å². The molecule has 0 aliphatic rings. The van der Waals surface area contributed by atoms with Gasteiger partial charge in [-0.3, -0.25) is 0 Å². The first-order valence-corrected chi connectivity index (χ1v) is 5.24. The van der Waals surface area contributed by atoms with E-state index >= 15 is 0 Å². The Labute approximate surface area is 86.9 Å². The summed E-state index contributed by atoms with van der Waals surface area (Å²) in [4.78, 5) is 11.8. The van der Waals surface area contributed by atoms with Crippen molar-refractivity contribution in [2.45, 2.75) is 6.92 Å². The number of aromatic nitrogens is 2. The number of rotatable bonds is 3. The van der Waals surface area contributed by atoms with Gasteiger partial charge in [0.1, 0.15) is 0 Å². The number of aryl methyl sites for hydroxylation is 1. The molecule has 13 heavy (non-hydrogen) atoms. The molecule has 0 aromatic carbocycles. The van der Waals surface area contributed by atoms with Crippen LogP contribution in [-0.2, 0) is 19.4 Å². The van der Waals surface area contributed by atoms with E-state index in [1.807, 2.05) is 6.92 Å². The van der Waals surface area contributed by atoms with Crippen LogP contribution in [0.1, 0.15) is 5.69 Å². The van der Waals surface area contributed by atoms with Crippen molar-refractivity contribution in [3.05, 3.63) is 11.8 Å². The van der Waals surface area contributed by atoms with Crippen LogP contribution in [-0.4, -0.2) is 20.8 Å². The second-order valence-corrected chi connectivity index (χ2v) is 3.04. The molecule has 1 aromatic heterocycles. The Kier molecular flexibility index (Phi) is 3.70. The maximum absolute atomic E-state index is 5.45. The summed E-state index contributed by atoms with van der Waals surface area (Å²) in [6, 6.07) is 1.80. The van der Waals surface area contributed by atoms with E-state index in [1.54, 1.807) is 16.9 Å². The van der Waals surface area contributed by atoms with Crippen molar-refractivity contribution in [1.29, 1.82) is 0 Å². The molecule has 5 nitrogen and oxygen atoms in total. The SMILES string of the molecule is Cc1cc(NC=N[CH]=[W])nc(N)n1. The van der Waals surface area contributed by atoms with Crippen LogP contribution >= 0.6 is 0 Å². The number of hydrogen-bond acceptors (Lipinski definition) is 4. The van der Waals surface area contributed by atoms with Crippen molar-refractivity contribution in [3.8, 4) is 0 Å². The number of nitrogens with zero attached hydrogens (tertiary/aromatic N) is 3. The second-order valence-electron chi connectivity index (χ2n) is 2.28. The summed E-state index contributed by atoms with van der Waals surface area (Å²) in [6.45, 7) is 1.86. The number of hydrogen-bond donors (Lipinski definition) is 2. The molecular weight excluding hydrogens is 338 g/mol. The summed E-state index contributed by atoms with van der Waals surface area (Å²) < 4.78 is 1.75. The fourth-order valence-corrected chi connectivity index (χ4v) is 1.02. The van der Waals surface area contributed by atoms with Gasteiger partial charge in [-0.1, -0.05) is 0 Å². The minimum atomic E-state index is 0.266. The second kappa shape index (κ2) is 4.82. The van der Waals surface area contributed by atoms with Crippen molar-refractivity contribution in [2.75, 3.05) is 11.1 Å². The van der Waals surface area contributed by atoms with Gasteiger partial charge in [-0.2, -0.15) is 0 Å². The first kappa shape index (κ1) is 9.99. The van der Waals surface area contributed by atoms with E-state index in [-0.39, 0.29) is 5.95 Å². The number of nitrogens with one attached hydrogen (secondary N) is 1. The van der Waals surface area contributed by atoms with Gasteiger partial charge in [-0.25, -0.2) is 0 Å². The maximum atomic E-state index is 5.45. The molecular formula is C7H9N5W. The summed E-state index contributed by atoms with van der Waals surface area (Å²) in [7, 11) is 0. The third-order valence-electron chi connectivity index (χ3n) is 1.22. The standard InChI is InChI=1S/C7H9N5.W/c1-5-3-6(10-4-9-2)12-7(8)11-5;/h2-4H,1H3,(H3,8,10,11,12);. The minimum absolute atomic E-state index is 0.266. The van der Waals surface area contributed by atoms with Crippen LogP contribution in [0, 0.1) is 6.92 Å². The predicted molar refractivity (Wildman–Crippen MR) is 49.4 cm³/mol. The van der Waals surface area contributed by atoms with E-state index in [4.69, 9.17) is 5.73 Å². The van der Waals surface area contributed by atoms with Gasteiger partial charge in [0, 0.05) is 0 Å². The summed E-state index contributed by atoms with van der Waals surface area (Å²) in [6.07, 6.45) is 1.56. The van der Waals surface area contributed by atoms with E-state index in [2.05, 4.69) is 20.3 Å². The molecule has 0 radical (unpaired) electrons. The predicted octanol–water partition coefficient (Wildman–Crippen LogP) is 0.114. The molecule has 0 aliphatic carbocycles. The van der Waals surface area contributed by atoms with Gasteiger partial charge in [-0.15, -0.1) is 0 Å². The van der Waals surface area contributed by atoms with Crippen LogP contribution in [0.25, 0.3) is 0 Å². The van der Waals surface area contributed by atoms with Gasteiger partial charge < -0.3 is 0 Å². The number of anilines is 2. The van der Waals surface area contributed by atoms with Crippen LogP contribution < -0.4 is 11.1 Å². The summed E-state index contributed by atoms with van der Waals surface area (Å²) in [5.74, 6) is 0.924. The molecule has 0 fully saturated rings. The zero-order valence-electron chi connectivity index (χ0n) is 7.06. The number of nitrogens with two attached hydrogens (primary N) is 1. The summed E-state index contributed by atoms with van der Waals surface area (Å²) >= 11 is 1.30. The normalized spacial score (nSPS) is 10.2. The number of aliphatic imine (C=N–C) groups is 1. The zero-order chi connectivity index (χ0) is 9.68. The van der Waals surface area contributed by atoms with Crippen molar-refractivity contribution in [3.63, 3.8) is 0 Å². The molecule has 0 saturated carbocycles. The number of nitrogen functional groups attached to an aromatic ring is 1. The third kappa shape index (κ3) is 3.42. The Morgan fingerprint density at radius 1 is 1.62 bits per heavy atom. The average Bonchev–Trinajstić information content (AvgIpc) is 2.03. The molecule has 0 saturated heterocycles. The molecule has 0 spiro atoms. The van der Waals surface area contributed by atoms with Gasteiger partial charge in [0.25, 0.3) is 0 Å². The van der Waals surface area contributed by atoms with Crippen LogP contribution in [0.2, 0.25) is 0 Å². The molecule has 0 amide bonds. The van der Waals surface area contributed by atoms with Gasteiger partial charge >= 0.3 is 86.7 Å². The van der Waals surface area contributed by atoms with Crippen molar-refractivity contribution < 1.29 is 19.4 Å². The van der Waals surface area contributed by atoms with Crippen molar-refractivity contribution >= 4 is 22.6 Å². The van der Waals surface area contributed by atoms with E-state index in [9.17, 15) is 0 Å².